The van der Waals surface area contributed by atoms with E-state index in [1.165, 1.54) is 38.5 Å². The van der Waals surface area contributed by atoms with E-state index in [9.17, 15) is 4.79 Å². The minimum absolute atomic E-state index is 0.246. The summed E-state index contributed by atoms with van der Waals surface area (Å²) in [5.41, 5.74) is 0.564. The van der Waals surface area contributed by atoms with Gasteiger partial charge < -0.3 is 4.74 Å². The van der Waals surface area contributed by atoms with Crippen molar-refractivity contribution in [3.63, 3.8) is 0 Å². The van der Waals surface area contributed by atoms with E-state index in [4.69, 9.17) is 4.74 Å². The Bertz CT molecular complexity index is 395. The van der Waals surface area contributed by atoms with Crippen molar-refractivity contribution in [2.45, 2.75) is 43.4 Å². The zero-order valence-corrected chi connectivity index (χ0v) is 11.5. The first-order valence-corrected chi connectivity index (χ1v) is 7.17. The molecule has 0 spiro atoms. The average Bonchev–Trinajstić information content (AvgIpc) is 2.65. The summed E-state index contributed by atoms with van der Waals surface area (Å²) in [7, 11) is 0. The molecule has 0 bridgehead atoms. The van der Waals surface area contributed by atoms with E-state index < -0.39 is 0 Å². The maximum atomic E-state index is 11.9. The highest BCUT2D eigenvalue weighted by molar-refractivity contribution is 7.80. The average molecular weight is 264 g/mol. The molecule has 98 valence electrons. The van der Waals surface area contributed by atoms with E-state index >= 15 is 0 Å². The normalized spacial score (nSPS) is 17.2. The molecule has 2 rings (SSSR count). The van der Waals surface area contributed by atoms with Crippen LogP contribution in [0.15, 0.2) is 29.2 Å². The number of benzene rings is 1. The Hall–Kier alpha value is -0.960. The first-order chi connectivity index (χ1) is 8.77. The molecule has 18 heavy (non-hydrogen) atoms. The number of hydrogen-bond donors (Lipinski definition) is 1. The van der Waals surface area contributed by atoms with E-state index in [2.05, 4.69) is 12.6 Å². The Morgan fingerprint density at radius 1 is 1.17 bits per heavy atom. The highest BCUT2D eigenvalue weighted by Crippen LogP contribution is 2.23. The van der Waals surface area contributed by atoms with Crippen molar-refractivity contribution in [2.24, 2.45) is 5.92 Å². The maximum absolute atomic E-state index is 11.9. The zero-order valence-electron chi connectivity index (χ0n) is 10.6. The van der Waals surface area contributed by atoms with Gasteiger partial charge in [0.1, 0.15) is 0 Å². The lowest BCUT2D eigenvalue weighted by atomic mass is 10.0. The Morgan fingerprint density at radius 3 is 2.50 bits per heavy atom. The van der Waals surface area contributed by atoms with Crippen LogP contribution in [0.25, 0.3) is 0 Å². The van der Waals surface area contributed by atoms with Gasteiger partial charge in [0.05, 0.1) is 12.2 Å². The summed E-state index contributed by atoms with van der Waals surface area (Å²) in [5.74, 6) is 0.299. The highest BCUT2D eigenvalue weighted by Gasteiger charge is 2.16. The van der Waals surface area contributed by atoms with Crippen molar-refractivity contribution in [2.75, 3.05) is 6.61 Å². The summed E-state index contributed by atoms with van der Waals surface area (Å²) in [6.07, 6.45) is 7.57. The topological polar surface area (TPSA) is 26.3 Å². The Morgan fingerprint density at radius 2 is 1.83 bits per heavy atom. The molecule has 1 saturated carbocycles. The molecule has 0 saturated heterocycles. The SMILES string of the molecule is O=C(OCC1CCCCCC1)c1ccccc1S. The monoisotopic (exact) mass is 264 g/mol. The van der Waals surface area contributed by atoms with E-state index in [-0.39, 0.29) is 5.97 Å². The Labute approximate surface area is 114 Å². The van der Waals surface area contributed by atoms with Crippen LogP contribution in [-0.4, -0.2) is 12.6 Å². The van der Waals surface area contributed by atoms with Gasteiger partial charge in [0.25, 0.3) is 0 Å². The fourth-order valence-electron chi connectivity index (χ4n) is 2.45. The van der Waals surface area contributed by atoms with Gasteiger partial charge in [0.15, 0.2) is 0 Å². The van der Waals surface area contributed by atoms with Gasteiger partial charge in [-0.15, -0.1) is 12.6 Å². The molecule has 3 heteroatoms. The summed E-state index contributed by atoms with van der Waals surface area (Å²) >= 11 is 4.27. The van der Waals surface area contributed by atoms with Crippen molar-refractivity contribution in [1.82, 2.24) is 0 Å². The van der Waals surface area contributed by atoms with E-state index in [1.807, 2.05) is 18.2 Å². The third-order valence-electron chi connectivity index (χ3n) is 3.55. The van der Waals surface area contributed by atoms with Crippen LogP contribution >= 0.6 is 12.6 Å². The lowest BCUT2D eigenvalue weighted by Gasteiger charge is -2.14. The standard InChI is InChI=1S/C15H20O2S/c16-15(13-9-5-6-10-14(13)18)17-11-12-7-3-1-2-4-8-12/h5-6,9-10,12,18H,1-4,7-8,11H2. The second kappa shape index (κ2) is 6.83. The third-order valence-corrected chi connectivity index (χ3v) is 3.94. The van der Waals surface area contributed by atoms with Crippen molar-refractivity contribution < 1.29 is 9.53 Å². The van der Waals surface area contributed by atoms with Crippen molar-refractivity contribution in [3.8, 4) is 0 Å². The minimum atomic E-state index is -0.246. The molecule has 0 heterocycles. The second-order valence-electron chi connectivity index (χ2n) is 4.97. The van der Waals surface area contributed by atoms with E-state index in [0.29, 0.717) is 23.0 Å². The number of hydrogen-bond acceptors (Lipinski definition) is 3. The van der Waals surface area contributed by atoms with Crippen LogP contribution in [0, 0.1) is 5.92 Å². The lowest BCUT2D eigenvalue weighted by Crippen LogP contribution is -2.14. The summed E-state index contributed by atoms with van der Waals surface area (Å²) in [6, 6.07) is 7.27. The van der Waals surface area contributed by atoms with Crippen LogP contribution in [0.3, 0.4) is 0 Å². The molecule has 1 aromatic carbocycles. The maximum Gasteiger partial charge on any atom is 0.339 e. The number of rotatable bonds is 3. The van der Waals surface area contributed by atoms with Crippen LogP contribution in [0.1, 0.15) is 48.9 Å². The van der Waals surface area contributed by atoms with Crippen LogP contribution < -0.4 is 0 Å². The largest absolute Gasteiger partial charge is 0.462 e. The zero-order chi connectivity index (χ0) is 12.8. The van der Waals surface area contributed by atoms with Gasteiger partial charge in [-0.05, 0) is 30.9 Å². The Balaban J connectivity index is 1.86. The van der Waals surface area contributed by atoms with Crippen LogP contribution in [0.5, 0.6) is 0 Å². The first kappa shape index (κ1) is 13.5. The molecule has 0 radical (unpaired) electrons. The Kier molecular flexibility index (Phi) is 5.12. The number of carbonyl (C=O) groups excluding carboxylic acids is 1. The molecule has 1 aliphatic rings. The van der Waals surface area contributed by atoms with Gasteiger partial charge in [-0.3, -0.25) is 0 Å². The van der Waals surface area contributed by atoms with Gasteiger partial charge in [-0.1, -0.05) is 37.8 Å². The number of thiol groups is 1. The van der Waals surface area contributed by atoms with Gasteiger partial charge in [-0.25, -0.2) is 4.79 Å². The molecular weight excluding hydrogens is 244 g/mol. The molecule has 0 aromatic heterocycles. The predicted octanol–water partition coefficient (Wildman–Crippen LogP) is 4.10. The van der Waals surface area contributed by atoms with Crippen molar-refractivity contribution >= 4 is 18.6 Å². The quantitative estimate of drug-likeness (QED) is 0.505. The van der Waals surface area contributed by atoms with Gasteiger partial charge >= 0.3 is 5.97 Å². The van der Waals surface area contributed by atoms with Crippen molar-refractivity contribution in [3.05, 3.63) is 29.8 Å². The molecule has 0 atom stereocenters. The highest BCUT2D eigenvalue weighted by atomic mass is 32.1. The number of carbonyl (C=O) groups is 1. The summed E-state index contributed by atoms with van der Waals surface area (Å²) in [6.45, 7) is 0.556. The molecule has 0 unspecified atom stereocenters. The van der Waals surface area contributed by atoms with E-state index in [1.54, 1.807) is 6.07 Å². The summed E-state index contributed by atoms with van der Waals surface area (Å²) in [5, 5.41) is 0. The molecule has 0 N–H and O–H groups in total. The fourth-order valence-corrected chi connectivity index (χ4v) is 2.70. The molecular formula is C15H20O2S. The van der Waals surface area contributed by atoms with Crippen LogP contribution in [0.4, 0.5) is 0 Å². The molecule has 1 aliphatic carbocycles. The fraction of sp³-hybridized carbons (Fsp3) is 0.533. The van der Waals surface area contributed by atoms with Crippen LogP contribution in [0.2, 0.25) is 0 Å². The lowest BCUT2D eigenvalue weighted by molar-refractivity contribution is 0.0424. The minimum Gasteiger partial charge on any atom is -0.462 e. The number of esters is 1. The summed E-state index contributed by atoms with van der Waals surface area (Å²) < 4.78 is 5.42. The van der Waals surface area contributed by atoms with Gasteiger partial charge in [0, 0.05) is 4.90 Å². The molecule has 0 amide bonds. The molecule has 1 fully saturated rings. The third kappa shape index (κ3) is 3.77. The van der Waals surface area contributed by atoms with E-state index in [0.717, 1.165) is 0 Å². The van der Waals surface area contributed by atoms with Gasteiger partial charge in [-0.2, -0.15) is 0 Å². The van der Waals surface area contributed by atoms with Crippen LogP contribution in [-0.2, 0) is 4.74 Å². The first-order valence-electron chi connectivity index (χ1n) is 6.72. The second-order valence-corrected chi connectivity index (χ2v) is 5.46. The van der Waals surface area contributed by atoms with Crippen molar-refractivity contribution in [1.29, 1.82) is 0 Å². The molecule has 1 aromatic rings. The number of ether oxygens (including phenoxy) is 1. The molecule has 2 nitrogen and oxygen atoms in total. The molecule has 0 aliphatic heterocycles. The smallest absolute Gasteiger partial charge is 0.339 e. The summed E-state index contributed by atoms with van der Waals surface area (Å²) in [4.78, 5) is 12.6. The van der Waals surface area contributed by atoms with Gasteiger partial charge in [0.2, 0.25) is 0 Å². The predicted molar refractivity (Wildman–Crippen MR) is 75.2 cm³/mol.